The summed E-state index contributed by atoms with van der Waals surface area (Å²) in [5, 5.41) is 2.33. The zero-order chi connectivity index (χ0) is 39.9. The van der Waals surface area contributed by atoms with Crippen molar-refractivity contribution in [2.45, 2.75) is 70.5 Å². The number of thioether (sulfide) groups is 1. The van der Waals surface area contributed by atoms with Gasteiger partial charge in [0, 0.05) is 71.3 Å². The zero-order valence-corrected chi connectivity index (χ0v) is 32.0. The van der Waals surface area contributed by atoms with Gasteiger partial charge in [-0.1, -0.05) is 34.9 Å². The first-order valence-corrected chi connectivity index (χ1v) is 19.9. The van der Waals surface area contributed by atoms with Gasteiger partial charge in [-0.05, 0) is 69.2 Å². The summed E-state index contributed by atoms with van der Waals surface area (Å²) in [7, 11) is 4.83. The number of benzene rings is 1. The number of nitrogens with one attached hydrogen (secondary N) is 1. The second kappa shape index (κ2) is 29.4. The summed E-state index contributed by atoms with van der Waals surface area (Å²) in [6, 6.07) is 7.36. The van der Waals surface area contributed by atoms with Crippen LogP contribution in [0.2, 0.25) is 0 Å². The van der Waals surface area contributed by atoms with Gasteiger partial charge in [0.05, 0.1) is 21.1 Å². The molecule has 0 spiro atoms. The monoisotopic (exact) mass is 754 g/mol. The van der Waals surface area contributed by atoms with E-state index in [4.69, 9.17) is 8.85 Å². The number of carbonyl (C=O) groups is 6. The van der Waals surface area contributed by atoms with E-state index in [1.165, 1.54) is 16.7 Å². The average Bonchev–Trinajstić information content (AvgIpc) is 3.44. The largest absolute Gasteiger partial charge is 0.486 e. The van der Waals surface area contributed by atoms with E-state index in [9.17, 15) is 28.8 Å². The number of carbonyl (C=O) groups excluding carboxylic acids is 6. The third-order valence-electron chi connectivity index (χ3n) is 6.90. The molecule has 1 aliphatic heterocycles. The Labute approximate surface area is 313 Å². The van der Waals surface area contributed by atoms with Crippen molar-refractivity contribution in [2.24, 2.45) is 15.0 Å². The van der Waals surface area contributed by atoms with E-state index in [-0.39, 0.29) is 67.0 Å². The highest BCUT2D eigenvalue weighted by Crippen LogP contribution is 2.24. The minimum atomic E-state index is -0.216. The Bertz CT molecular complexity index is 1370. The maximum atomic E-state index is 11.8. The van der Waals surface area contributed by atoms with Gasteiger partial charge >= 0.3 is 0 Å². The molecule has 50 heavy (non-hydrogen) atoms. The van der Waals surface area contributed by atoms with Crippen molar-refractivity contribution in [3.8, 4) is 5.75 Å². The van der Waals surface area contributed by atoms with Crippen molar-refractivity contribution in [2.75, 3.05) is 58.1 Å². The lowest BCUT2D eigenvalue weighted by Crippen LogP contribution is -2.32. The molecule has 3 amide bonds. The molecular weight excluding hydrogens is 699 g/mol. The molecule has 1 atom stereocenters. The lowest BCUT2D eigenvalue weighted by atomic mass is 10.1. The lowest BCUT2D eigenvalue weighted by Gasteiger charge is -2.14. The smallest absolute Gasteiger partial charge is 0.242 e. The third kappa shape index (κ3) is 21.7. The number of imide groups is 1. The SMILES string of the molecule is [2H]C=NCC(=O)CCCCCN1C(=O)CC(SC)C1=O.[2H]C=NCC(=O)CCSSCCC(=O)NC.[2H]CN=C(C)c1ccc(OCC(=O)CC)cc1. The molecule has 15 heteroatoms. The molecule has 1 saturated heterocycles. The fourth-order valence-electron chi connectivity index (χ4n) is 3.88. The molecule has 0 aliphatic carbocycles. The Hall–Kier alpha value is -3.30. The predicted molar refractivity (Wildman–Crippen MR) is 210 cm³/mol. The first-order chi connectivity index (χ1) is 25.5. The second-order valence-electron chi connectivity index (χ2n) is 10.6. The number of Topliss-reactive ketones (excluding diaryl/α,β-unsaturated/α-hetero) is 3. The Morgan fingerprint density at radius 1 is 0.980 bits per heavy atom. The standard InChI is InChI=1S/C13H20N2O3S.C13H17NO2.C9H16N2O2S2/c1-14-9-10(16)6-4-3-5-7-15-12(17)8-11(19-2)13(15)18;1-4-12(15)9-16-13-7-5-11(6-8-13)10(2)14-3;1-10-7-8(12)3-5-14-15-6-4-9(13)11-2/h11H,1,3-9H2,2H3;5-8H,4,9H2,1-3H3;1,3-7H2,2H3,(H,11,13)/i1D;3D;1D. The molecule has 278 valence electrons. The highest BCUT2D eigenvalue weighted by Gasteiger charge is 2.37. The third-order valence-corrected chi connectivity index (χ3v) is 10.2. The molecule has 1 aromatic rings. The van der Waals surface area contributed by atoms with E-state index in [0.29, 0.717) is 44.4 Å². The molecule has 1 aliphatic rings. The maximum absolute atomic E-state index is 11.8. The number of rotatable bonds is 23. The van der Waals surface area contributed by atoms with Crippen LogP contribution < -0.4 is 10.1 Å². The summed E-state index contributed by atoms with van der Waals surface area (Å²) in [6.07, 6.45) is 6.31. The molecular formula is C35H53N5O7S3. The number of nitrogens with zero attached hydrogens (tertiary/aromatic N) is 4. The van der Waals surface area contributed by atoms with Crippen LogP contribution in [0.5, 0.6) is 5.75 Å². The zero-order valence-electron chi connectivity index (χ0n) is 32.5. The van der Waals surface area contributed by atoms with Gasteiger partial charge in [-0.15, -0.1) is 0 Å². The van der Waals surface area contributed by atoms with Gasteiger partial charge < -0.3 is 10.1 Å². The maximum Gasteiger partial charge on any atom is 0.242 e. The number of ketones is 3. The quantitative estimate of drug-likeness (QED) is 0.0700. The molecule has 1 heterocycles. The van der Waals surface area contributed by atoms with E-state index in [1.807, 2.05) is 32.2 Å². The van der Waals surface area contributed by atoms with Crippen molar-refractivity contribution in [3.05, 3.63) is 29.8 Å². The topological polar surface area (TPSA) is 164 Å². The molecule has 12 nitrogen and oxygen atoms in total. The van der Waals surface area contributed by atoms with Crippen molar-refractivity contribution >= 4 is 87.5 Å². The molecule has 2 rings (SSSR count). The van der Waals surface area contributed by atoms with Crippen molar-refractivity contribution in [3.63, 3.8) is 0 Å². The van der Waals surface area contributed by atoms with E-state index in [1.54, 1.807) is 40.8 Å². The summed E-state index contributed by atoms with van der Waals surface area (Å²) in [5.74, 6) is 2.17. The number of hydrogen-bond acceptors (Lipinski definition) is 13. The summed E-state index contributed by atoms with van der Waals surface area (Å²) < 4.78 is 25.7. The summed E-state index contributed by atoms with van der Waals surface area (Å²) >= 11 is 1.42. The van der Waals surface area contributed by atoms with Crippen molar-refractivity contribution < 1.29 is 37.6 Å². The molecule has 1 fully saturated rings. The first-order valence-electron chi connectivity index (χ1n) is 18.0. The molecule has 0 saturated carbocycles. The minimum Gasteiger partial charge on any atom is -0.486 e. The molecule has 0 bridgehead atoms. The first kappa shape index (κ1) is 41.1. The Kier molecular flexibility index (Phi) is 24.2. The van der Waals surface area contributed by atoms with Gasteiger partial charge in [0.2, 0.25) is 17.7 Å². The molecule has 0 radical (unpaired) electrons. The van der Waals surface area contributed by atoms with Gasteiger partial charge in [-0.3, -0.25) is 48.6 Å². The van der Waals surface area contributed by atoms with Gasteiger partial charge in [-0.25, -0.2) is 0 Å². The Balaban J connectivity index is 0.000000772. The van der Waals surface area contributed by atoms with Crippen molar-refractivity contribution in [1.82, 2.24) is 10.2 Å². The number of unbranched alkanes of at least 4 members (excludes halogenated alkanes) is 2. The summed E-state index contributed by atoms with van der Waals surface area (Å²) in [6.45, 7) is 6.20. The number of likely N-dealkylation sites (tertiary alicyclic amines) is 1. The summed E-state index contributed by atoms with van der Waals surface area (Å²) in [5.41, 5.74) is 1.79. The molecule has 1 N–H and O–H groups in total. The number of amides is 3. The van der Waals surface area contributed by atoms with Crippen LogP contribution in [-0.2, 0) is 28.8 Å². The normalized spacial score (nSPS) is 15.0. The van der Waals surface area contributed by atoms with Crippen LogP contribution >= 0.6 is 33.3 Å². The lowest BCUT2D eigenvalue weighted by molar-refractivity contribution is -0.138. The highest BCUT2D eigenvalue weighted by molar-refractivity contribution is 8.76. The fraction of sp³-hybridized carbons (Fsp3) is 0.571. The second-order valence-corrected chi connectivity index (χ2v) is 14.4. The van der Waals surface area contributed by atoms with Crippen LogP contribution in [-0.4, -0.2) is 122 Å². The number of ether oxygens (including phenoxy) is 1. The Morgan fingerprint density at radius 3 is 2.18 bits per heavy atom. The fourth-order valence-corrected chi connectivity index (χ4v) is 6.55. The van der Waals surface area contributed by atoms with Crippen LogP contribution in [0.3, 0.4) is 0 Å². The van der Waals surface area contributed by atoms with Gasteiger partial charge in [-0.2, -0.15) is 11.8 Å². The van der Waals surface area contributed by atoms with Crippen LogP contribution in [0.25, 0.3) is 0 Å². The van der Waals surface area contributed by atoms with E-state index >= 15 is 0 Å². The Morgan fingerprint density at radius 2 is 1.62 bits per heavy atom. The van der Waals surface area contributed by atoms with Crippen LogP contribution in [0.15, 0.2) is 39.2 Å². The molecule has 0 aromatic heterocycles. The highest BCUT2D eigenvalue weighted by atomic mass is 33.1. The summed E-state index contributed by atoms with van der Waals surface area (Å²) in [4.78, 5) is 80.3. The molecule has 1 aromatic carbocycles. The van der Waals surface area contributed by atoms with Crippen molar-refractivity contribution in [1.29, 1.82) is 0 Å². The van der Waals surface area contributed by atoms with E-state index < -0.39 is 0 Å². The predicted octanol–water partition coefficient (Wildman–Crippen LogP) is 4.95. The van der Waals surface area contributed by atoms with E-state index in [0.717, 1.165) is 55.4 Å². The van der Waals surface area contributed by atoms with Crippen LogP contribution in [0.1, 0.15) is 74.9 Å². The minimum absolute atomic E-state index is 0.0178. The van der Waals surface area contributed by atoms with Gasteiger partial charge in [0.15, 0.2) is 17.3 Å². The van der Waals surface area contributed by atoms with E-state index in [2.05, 4.69) is 20.3 Å². The number of hydrogen-bond donors (Lipinski definition) is 1. The average molecular weight is 755 g/mol. The van der Waals surface area contributed by atoms with Gasteiger partial charge in [0.1, 0.15) is 12.4 Å². The van der Waals surface area contributed by atoms with Crippen LogP contribution in [0.4, 0.5) is 0 Å². The number of aliphatic imine (C=N–C) groups is 3. The van der Waals surface area contributed by atoms with Crippen LogP contribution in [0, 0.1) is 0 Å². The molecule has 1 unspecified atom stereocenters. The van der Waals surface area contributed by atoms with Gasteiger partial charge in [0.25, 0.3) is 0 Å².